The number of aryl methyl sites for hydroxylation is 1. The first-order chi connectivity index (χ1) is 6.20. The van der Waals surface area contributed by atoms with Gasteiger partial charge >= 0.3 is 0 Å². The zero-order chi connectivity index (χ0) is 9.68. The van der Waals surface area contributed by atoms with Gasteiger partial charge in [-0.25, -0.2) is 4.57 Å². The molecule has 0 saturated heterocycles. The molecule has 1 rings (SSSR count). The van der Waals surface area contributed by atoms with Crippen LogP contribution in [0, 0.1) is 0 Å². The van der Waals surface area contributed by atoms with Gasteiger partial charge in [0.1, 0.15) is 0 Å². The van der Waals surface area contributed by atoms with Gasteiger partial charge < -0.3 is 12.4 Å². The van der Waals surface area contributed by atoms with E-state index >= 15 is 0 Å². The summed E-state index contributed by atoms with van der Waals surface area (Å²) in [5.41, 5.74) is 0.636. The van der Waals surface area contributed by atoms with E-state index in [2.05, 4.69) is 6.58 Å². The average Bonchev–Trinajstić information content (AvgIpc) is 2.15. The maximum absolute atomic E-state index is 11.2. The number of Topliss-reactive ketones (excluding diaryl/α,β-unsaturated/α-hetero) is 1. The third-order valence-corrected chi connectivity index (χ3v) is 1.85. The van der Waals surface area contributed by atoms with Crippen LogP contribution in [-0.2, 0) is 11.3 Å². The molecule has 0 N–H and O–H groups in total. The van der Waals surface area contributed by atoms with Crippen molar-refractivity contribution in [2.45, 2.75) is 19.9 Å². The molecule has 1 aromatic heterocycles. The summed E-state index contributed by atoms with van der Waals surface area (Å²) >= 11 is 0. The van der Waals surface area contributed by atoms with Crippen LogP contribution in [0.15, 0.2) is 42.7 Å². The first-order valence-corrected chi connectivity index (χ1v) is 4.33. The van der Waals surface area contributed by atoms with Gasteiger partial charge in [0.05, 0.1) is 6.42 Å². The van der Waals surface area contributed by atoms with Crippen molar-refractivity contribution in [3.8, 4) is 0 Å². The van der Waals surface area contributed by atoms with Gasteiger partial charge in [0, 0.05) is 12.1 Å². The van der Waals surface area contributed by atoms with Crippen LogP contribution < -0.4 is 17.0 Å². The fourth-order valence-electron chi connectivity index (χ4n) is 1.03. The van der Waals surface area contributed by atoms with E-state index in [1.807, 2.05) is 35.2 Å². The first-order valence-electron chi connectivity index (χ1n) is 4.33. The summed E-state index contributed by atoms with van der Waals surface area (Å²) in [6.07, 6.45) is 4.43. The molecule has 1 heterocycles. The van der Waals surface area contributed by atoms with Crippen molar-refractivity contribution < 1.29 is 21.8 Å². The van der Waals surface area contributed by atoms with Crippen molar-refractivity contribution >= 4 is 5.78 Å². The molecule has 0 aliphatic carbocycles. The molecule has 0 fully saturated rings. The maximum atomic E-state index is 11.2. The van der Waals surface area contributed by atoms with Gasteiger partial charge in [-0.1, -0.05) is 12.6 Å². The molecule has 0 amide bonds. The van der Waals surface area contributed by atoms with Crippen LogP contribution >= 0.6 is 0 Å². The molecule has 0 radical (unpaired) electrons. The summed E-state index contributed by atoms with van der Waals surface area (Å²) in [5.74, 6) is 0.136. The maximum Gasteiger partial charge on any atom is 0.168 e. The van der Waals surface area contributed by atoms with E-state index in [9.17, 15) is 4.79 Å². The van der Waals surface area contributed by atoms with Gasteiger partial charge in [-0.15, -0.1) is 0 Å². The second-order valence-electron chi connectivity index (χ2n) is 3.07. The van der Waals surface area contributed by atoms with Gasteiger partial charge in [-0.3, -0.25) is 4.79 Å². The molecule has 2 nitrogen and oxygen atoms in total. The number of carbonyl (C=O) groups excluding carboxylic acids is 1. The molecule has 0 aliphatic rings. The summed E-state index contributed by atoms with van der Waals surface area (Å²) in [7, 11) is 0. The van der Waals surface area contributed by atoms with Crippen molar-refractivity contribution in [2.24, 2.45) is 0 Å². The lowest BCUT2D eigenvalue weighted by atomic mass is 10.1. The molecule has 0 unspecified atom stereocenters. The summed E-state index contributed by atoms with van der Waals surface area (Å²) < 4.78 is 1.99. The molecule has 14 heavy (non-hydrogen) atoms. The zero-order valence-electron chi connectivity index (χ0n) is 8.24. The van der Waals surface area contributed by atoms with E-state index in [4.69, 9.17) is 0 Å². The van der Waals surface area contributed by atoms with Crippen LogP contribution in [0.4, 0.5) is 0 Å². The Kier molecular flexibility index (Phi) is 5.81. The van der Waals surface area contributed by atoms with Crippen LogP contribution in [0.1, 0.15) is 13.3 Å². The Morgan fingerprint density at radius 3 is 2.36 bits per heavy atom. The van der Waals surface area contributed by atoms with Crippen LogP contribution in [0.25, 0.3) is 0 Å². The molecule has 0 spiro atoms. The lowest BCUT2D eigenvalue weighted by Crippen LogP contribution is -3.00. The van der Waals surface area contributed by atoms with Crippen LogP contribution in [0.5, 0.6) is 0 Å². The van der Waals surface area contributed by atoms with Crippen LogP contribution in [-0.4, -0.2) is 5.78 Å². The van der Waals surface area contributed by atoms with Crippen molar-refractivity contribution in [3.05, 3.63) is 42.7 Å². The Balaban J connectivity index is 0.00000169. The highest BCUT2D eigenvalue weighted by Crippen LogP contribution is 1.94. The van der Waals surface area contributed by atoms with Crippen molar-refractivity contribution in [1.29, 1.82) is 0 Å². The van der Waals surface area contributed by atoms with Gasteiger partial charge in [0.2, 0.25) is 0 Å². The monoisotopic (exact) mass is 211 g/mol. The third kappa shape index (κ3) is 4.19. The van der Waals surface area contributed by atoms with Gasteiger partial charge in [0.25, 0.3) is 0 Å². The van der Waals surface area contributed by atoms with Crippen molar-refractivity contribution in [2.75, 3.05) is 0 Å². The quantitative estimate of drug-likeness (QED) is 0.440. The highest BCUT2D eigenvalue weighted by Gasteiger charge is 2.05. The van der Waals surface area contributed by atoms with E-state index in [0.29, 0.717) is 12.0 Å². The van der Waals surface area contributed by atoms with E-state index in [1.54, 1.807) is 6.92 Å². The summed E-state index contributed by atoms with van der Waals surface area (Å²) in [6.45, 7) is 6.09. The van der Waals surface area contributed by atoms with Crippen LogP contribution in [0.2, 0.25) is 0 Å². The number of hydrogen-bond donors (Lipinski definition) is 0. The predicted molar refractivity (Wildman–Crippen MR) is 51.1 cm³/mol. The number of pyridine rings is 1. The van der Waals surface area contributed by atoms with Gasteiger partial charge in [-0.05, 0) is 12.5 Å². The van der Waals surface area contributed by atoms with E-state index in [-0.39, 0.29) is 18.2 Å². The minimum Gasteiger partial charge on any atom is -1.00 e. The second kappa shape index (κ2) is 6.33. The smallest absolute Gasteiger partial charge is 0.168 e. The molecule has 0 aromatic carbocycles. The normalized spacial score (nSPS) is 8.93. The Hall–Kier alpha value is -1.15. The number of ketones is 1. The number of allylic oxidation sites excluding steroid dienone is 1. The summed E-state index contributed by atoms with van der Waals surface area (Å²) in [4.78, 5) is 11.2. The average molecular weight is 212 g/mol. The number of halogens is 1. The fraction of sp³-hybridized carbons (Fsp3) is 0.273. The molecule has 0 aliphatic heterocycles. The summed E-state index contributed by atoms with van der Waals surface area (Å²) in [6, 6.07) is 5.85. The lowest BCUT2D eigenvalue weighted by molar-refractivity contribution is -0.695. The number of rotatable bonds is 4. The zero-order valence-corrected chi connectivity index (χ0v) is 9.00. The molecule has 3 heteroatoms. The number of carbonyl (C=O) groups is 1. The van der Waals surface area contributed by atoms with Crippen molar-refractivity contribution in [1.82, 2.24) is 0 Å². The SMILES string of the molecule is C=C(C)C(=O)CC[n+]1ccccc1.[Cl-]. The molecular weight excluding hydrogens is 198 g/mol. The van der Waals surface area contributed by atoms with Gasteiger partial charge in [-0.2, -0.15) is 0 Å². The molecular formula is C11H14ClNO. The number of aromatic nitrogens is 1. The minimum absolute atomic E-state index is 0. The highest BCUT2D eigenvalue weighted by atomic mass is 35.5. The fourth-order valence-corrected chi connectivity index (χ4v) is 1.03. The molecule has 76 valence electrons. The summed E-state index contributed by atoms with van der Waals surface area (Å²) in [5, 5.41) is 0. The third-order valence-electron chi connectivity index (χ3n) is 1.85. The Morgan fingerprint density at radius 2 is 1.86 bits per heavy atom. The lowest BCUT2D eigenvalue weighted by Gasteiger charge is -1.96. The predicted octanol–water partition coefficient (Wildman–Crippen LogP) is -1.49. The van der Waals surface area contributed by atoms with E-state index < -0.39 is 0 Å². The standard InChI is InChI=1S/C11H14NO.ClH/c1-10(2)11(13)6-9-12-7-4-3-5-8-12;/h3-5,7-8H,1,6,9H2,2H3;1H/q+1;/p-1. The Labute approximate surface area is 90.7 Å². The number of hydrogen-bond acceptors (Lipinski definition) is 1. The van der Waals surface area contributed by atoms with Gasteiger partial charge in [0.15, 0.2) is 24.7 Å². The number of nitrogens with zero attached hydrogens (tertiary/aromatic N) is 1. The highest BCUT2D eigenvalue weighted by molar-refractivity contribution is 5.93. The Bertz CT molecular complexity index is 308. The van der Waals surface area contributed by atoms with E-state index in [1.165, 1.54) is 0 Å². The van der Waals surface area contributed by atoms with Crippen molar-refractivity contribution in [3.63, 3.8) is 0 Å². The minimum atomic E-state index is 0. The topological polar surface area (TPSA) is 20.9 Å². The first kappa shape index (κ1) is 12.8. The Morgan fingerprint density at radius 1 is 1.29 bits per heavy atom. The second-order valence-corrected chi connectivity index (χ2v) is 3.07. The molecule has 0 bridgehead atoms. The van der Waals surface area contributed by atoms with E-state index in [0.717, 1.165) is 6.54 Å². The molecule has 1 aromatic rings. The molecule has 0 atom stereocenters. The molecule has 0 saturated carbocycles. The van der Waals surface area contributed by atoms with Crippen LogP contribution in [0.3, 0.4) is 0 Å². The largest absolute Gasteiger partial charge is 1.00 e.